The first-order valence-corrected chi connectivity index (χ1v) is 16.6. The highest BCUT2D eigenvalue weighted by atomic mass is 32.2. The zero-order valence-electron chi connectivity index (χ0n) is 25.8. The number of thioether (sulfide) groups is 1. The van der Waals surface area contributed by atoms with Crippen LogP contribution >= 0.6 is 11.8 Å². The van der Waals surface area contributed by atoms with E-state index in [-0.39, 0.29) is 41.4 Å². The molecule has 1 aromatic rings. The Morgan fingerprint density at radius 3 is 2.43 bits per heavy atom. The van der Waals surface area contributed by atoms with Crippen LogP contribution in [-0.4, -0.2) is 80.9 Å². The maximum atomic E-state index is 14.7. The van der Waals surface area contributed by atoms with Gasteiger partial charge >= 0.3 is 0 Å². The number of hydrogen-bond donors (Lipinski definition) is 1. The van der Waals surface area contributed by atoms with Gasteiger partial charge in [-0.15, -0.1) is 24.9 Å². The fraction of sp³-hybridized carbons (Fsp3) is 0.618. The van der Waals surface area contributed by atoms with Crippen LogP contribution in [0.15, 0.2) is 55.6 Å². The Morgan fingerprint density at radius 1 is 1.14 bits per heavy atom. The van der Waals surface area contributed by atoms with Gasteiger partial charge in [0.15, 0.2) is 0 Å². The number of rotatable bonds is 15. The van der Waals surface area contributed by atoms with Gasteiger partial charge in [0.25, 0.3) is 0 Å². The Morgan fingerprint density at radius 2 is 1.83 bits per heavy atom. The predicted molar refractivity (Wildman–Crippen MR) is 171 cm³/mol. The number of likely N-dealkylation sites (tertiary alicyclic amines) is 1. The number of para-hydroxylation sites is 1. The van der Waals surface area contributed by atoms with E-state index in [1.54, 1.807) is 33.7 Å². The first kappa shape index (κ1) is 32.3. The molecule has 3 unspecified atom stereocenters. The van der Waals surface area contributed by atoms with Crippen LogP contribution in [0.2, 0.25) is 0 Å². The maximum Gasteiger partial charge on any atom is 0.247 e. The van der Waals surface area contributed by atoms with Crippen LogP contribution in [0.3, 0.4) is 0 Å². The molecule has 230 valence electrons. The van der Waals surface area contributed by atoms with Gasteiger partial charge in [0.2, 0.25) is 17.7 Å². The molecule has 7 nitrogen and oxygen atoms in total. The van der Waals surface area contributed by atoms with E-state index in [2.05, 4.69) is 27.0 Å². The number of aliphatic hydroxyl groups excluding tert-OH is 1. The van der Waals surface area contributed by atoms with Crippen molar-refractivity contribution in [2.45, 2.75) is 81.9 Å². The molecule has 3 aliphatic heterocycles. The standard InChI is InChI=1S/C34H49N3O4S/c1-7-11-15-20-35(18-8-2)33(41)30-34-24(6)21-27(42-34)28(29(34)32(40)37(30)26(22-38)23(5)10-4)31(39)36(19-9-3)25-16-13-12-14-17-25/h8-9,12-14,16-17,23-24,26-30,38H,2-3,7,10-11,15,18-22H2,1,4-6H3/t23-,24?,26-,27+,28-,29-,30?,34?/m0/s1. The lowest BCUT2D eigenvalue weighted by atomic mass is 9.65. The van der Waals surface area contributed by atoms with Crippen LogP contribution in [0.5, 0.6) is 0 Å². The normalized spacial score (nSPS) is 29.2. The van der Waals surface area contributed by atoms with Gasteiger partial charge in [0.1, 0.15) is 6.04 Å². The highest BCUT2D eigenvalue weighted by Crippen LogP contribution is 2.69. The summed E-state index contributed by atoms with van der Waals surface area (Å²) in [6.07, 6.45) is 7.92. The molecule has 42 heavy (non-hydrogen) atoms. The summed E-state index contributed by atoms with van der Waals surface area (Å²) in [5, 5.41) is 10.6. The van der Waals surface area contributed by atoms with E-state index in [0.717, 1.165) is 37.8 Å². The Labute approximate surface area is 256 Å². The molecule has 1 N–H and O–H groups in total. The van der Waals surface area contributed by atoms with Crippen molar-refractivity contribution in [2.24, 2.45) is 23.7 Å². The number of hydrogen-bond acceptors (Lipinski definition) is 5. The lowest BCUT2D eigenvalue weighted by molar-refractivity contribution is -0.146. The molecule has 3 aliphatic rings. The van der Waals surface area contributed by atoms with Gasteiger partial charge in [-0.3, -0.25) is 14.4 Å². The third-order valence-electron chi connectivity index (χ3n) is 9.89. The fourth-order valence-corrected chi connectivity index (χ4v) is 10.0. The van der Waals surface area contributed by atoms with Crippen molar-refractivity contribution in [3.05, 3.63) is 55.6 Å². The van der Waals surface area contributed by atoms with E-state index in [0.29, 0.717) is 19.6 Å². The zero-order chi connectivity index (χ0) is 30.6. The summed E-state index contributed by atoms with van der Waals surface area (Å²) in [6.45, 7) is 17.3. The quantitative estimate of drug-likeness (QED) is 0.224. The summed E-state index contributed by atoms with van der Waals surface area (Å²) in [4.78, 5) is 49.2. The fourth-order valence-electron chi connectivity index (χ4n) is 7.61. The second kappa shape index (κ2) is 13.8. The molecule has 0 aliphatic carbocycles. The monoisotopic (exact) mass is 595 g/mol. The summed E-state index contributed by atoms with van der Waals surface area (Å²) in [5.41, 5.74) is 0.771. The van der Waals surface area contributed by atoms with Gasteiger partial charge < -0.3 is 19.8 Å². The number of nitrogens with zero attached hydrogens (tertiary/aromatic N) is 3. The molecule has 8 heteroatoms. The summed E-state index contributed by atoms with van der Waals surface area (Å²) in [6, 6.07) is 8.29. The molecule has 8 atom stereocenters. The second-order valence-corrected chi connectivity index (χ2v) is 13.8. The predicted octanol–water partition coefficient (Wildman–Crippen LogP) is 5.15. The van der Waals surface area contributed by atoms with Crippen LogP contribution in [0.25, 0.3) is 0 Å². The van der Waals surface area contributed by atoms with E-state index in [9.17, 15) is 19.5 Å². The van der Waals surface area contributed by atoms with Crippen LogP contribution in [-0.2, 0) is 14.4 Å². The van der Waals surface area contributed by atoms with Crippen LogP contribution in [0, 0.1) is 23.7 Å². The summed E-state index contributed by atoms with van der Waals surface area (Å²) < 4.78 is -0.735. The number of amides is 3. The summed E-state index contributed by atoms with van der Waals surface area (Å²) in [5.74, 6) is -1.46. The number of benzene rings is 1. The van der Waals surface area contributed by atoms with Gasteiger partial charge in [0.05, 0.1) is 29.2 Å². The molecule has 4 rings (SSSR count). The molecular formula is C34H49N3O4S. The van der Waals surface area contributed by atoms with Crippen molar-refractivity contribution in [1.82, 2.24) is 9.80 Å². The van der Waals surface area contributed by atoms with E-state index in [1.165, 1.54) is 0 Å². The SMILES string of the molecule is C=CCN(CCCCC)C(=O)C1N([C@@H](CO)[C@@H](C)CC)C(=O)[C@@H]2[C@@H](C(=O)N(CC=C)c3ccccc3)[C@H]3CC(C)C12S3. The minimum atomic E-state index is -0.741. The Bertz CT molecular complexity index is 1140. The number of anilines is 1. The smallest absolute Gasteiger partial charge is 0.247 e. The third kappa shape index (κ3) is 5.45. The molecule has 0 saturated carbocycles. The molecular weight excluding hydrogens is 546 g/mol. The molecule has 3 amide bonds. The number of carbonyl (C=O) groups excluding carboxylic acids is 3. The lowest BCUT2D eigenvalue weighted by Crippen LogP contribution is -2.60. The number of carbonyl (C=O) groups is 3. The van der Waals surface area contributed by atoms with E-state index in [1.807, 2.05) is 49.1 Å². The third-order valence-corrected chi connectivity index (χ3v) is 12.0. The topological polar surface area (TPSA) is 81.2 Å². The van der Waals surface area contributed by atoms with Gasteiger partial charge in [-0.05, 0) is 36.8 Å². The Hall–Kier alpha value is -2.58. The van der Waals surface area contributed by atoms with Crippen LogP contribution in [0.1, 0.15) is 59.8 Å². The summed E-state index contributed by atoms with van der Waals surface area (Å²) >= 11 is 1.69. The zero-order valence-corrected chi connectivity index (χ0v) is 26.6. The minimum Gasteiger partial charge on any atom is -0.394 e. The van der Waals surface area contributed by atoms with Crippen molar-refractivity contribution in [2.75, 3.05) is 31.1 Å². The van der Waals surface area contributed by atoms with Crippen molar-refractivity contribution >= 4 is 35.2 Å². The average molecular weight is 596 g/mol. The van der Waals surface area contributed by atoms with Crippen molar-refractivity contribution in [1.29, 1.82) is 0 Å². The first-order chi connectivity index (χ1) is 20.2. The molecule has 1 aromatic carbocycles. The van der Waals surface area contributed by atoms with E-state index >= 15 is 0 Å². The van der Waals surface area contributed by atoms with Crippen LogP contribution in [0.4, 0.5) is 5.69 Å². The van der Waals surface area contributed by atoms with Gasteiger partial charge in [-0.2, -0.15) is 0 Å². The number of aliphatic hydroxyl groups is 1. The molecule has 3 fully saturated rings. The van der Waals surface area contributed by atoms with Gasteiger partial charge in [0, 0.05) is 30.6 Å². The van der Waals surface area contributed by atoms with Gasteiger partial charge in [-0.25, -0.2) is 0 Å². The average Bonchev–Trinajstić information content (AvgIpc) is 3.59. The van der Waals surface area contributed by atoms with Gasteiger partial charge in [-0.1, -0.05) is 77.3 Å². The minimum absolute atomic E-state index is 0.00865. The molecule has 1 spiro atoms. The number of unbranched alkanes of at least 4 members (excludes halogenated alkanes) is 2. The largest absolute Gasteiger partial charge is 0.394 e. The molecule has 3 saturated heterocycles. The van der Waals surface area contributed by atoms with Crippen molar-refractivity contribution in [3.8, 4) is 0 Å². The lowest BCUT2D eigenvalue weighted by Gasteiger charge is -2.43. The Balaban J connectivity index is 1.82. The first-order valence-electron chi connectivity index (χ1n) is 15.7. The van der Waals surface area contributed by atoms with Crippen molar-refractivity contribution < 1.29 is 19.5 Å². The highest BCUT2D eigenvalue weighted by Gasteiger charge is 2.77. The van der Waals surface area contributed by atoms with E-state index in [4.69, 9.17) is 0 Å². The Kier molecular flexibility index (Phi) is 10.6. The van der Waals surface area contributed by atoms with E-state index < -0.39 is 28.7 Å². The highest BCUT2D eigenvalue weighted by molar-refractivity contribution is 8.02. The van der Waals surface area contributed by atoms with Crippen LogP contribution < -0.4 is 4.90 Å². The molecule has 0 radical (unpaired) electrons. The van der Waals surface area contributed by atoms with Crippen molar-refractivity contribution in [3.63, 3.8) is 0 Å². The maximum absolute atomic E-state index is 14.7. The molecule has 2 bridgehead atoms. The number of fused-ring (bicyclic) bond motifs is 1. The molecule has 0 aromatic heterocycles. The second-order valence-electron chi connectivity index (χ2n) is 12.3. The summed E-state index contributed by atoms with van der Waals surface area (Å²) in [7, 11) is 0. The molecule has 3 heterocycles.